The topological polar surface area (TPSA) is 109 Å². The number of nitrogens with two attached hydrogens (primary N) is 1. The second-order valence-electron chi connectivity index (χ2n) is 5.98. The molecule has 0 saturated carbocycles. The first-order valence-electron chi connectivity index (χ1n) is 7.94. The van der Waals surface area contributed by atoms with Gasteiger partial charge in [0.05, 0.1) is 0 Å². The van der Waals surface area contributed by atoms with Crippen LogP contribution in [0.2, 0.25) is 0 Å². The van der Waals surface area contributed by atoms with E-state index >= 15 is 0 Å². The van der Waals surface area contributed by atoms with Crippen molar-refractivity contribution in [3.8, 4) is 22.4 Å². The Kier molecular flexibility index (Phi) is 4.68. The summed E-state index contributed by atoms with van der Waals surface area (Å²) in [6.45, 7) is 0.478. The number of hydrogen-bond acceptors (Lipinski definition) is 6. The average molecular weight is 370 g/mol. The number of amides is 2. The van der Waals surface area contributed by atoms with Crippen molar-refractivity contribution in [1.82, 2.24) is 9.88 Å². The van der Waals surface area contributed by atoms with Crippen molar-refractivity contribution in [1.29, 1.82) is 0 Å². The number of hydrogen-bond donors (Lipinski definition) is 3. The highest BCUT2D eigenvalue weighted by molar-refractivity contribution is 7.19. The van der Waals surface area contributed by atoms with Crippen LogP contribution in [0.3, 0.4) is 0 Å². The van der Waals surface area contributed by atoms with E-state index in [2.05, 4.69) is 22.1 Å². The molecule has 0 aliphatic carbocycles. The predicted octanol–water partition coefficient (Wildman–Crippen LogP) is 0.895. The second kappa shape index (κ2) is 6.78. The van der Waals surface area contributed by atoms with E-state index in [1.807, 2.05) is 6.07 Å². The molecule has 2 amide bonds. The Hall–Kier alpha value is -2.89. The maximum absolute atomic E-state index is 12.0. The third-order valence-corrected chi connectivity index (χ3v) is 5.24. The molecule has 1 aliphatic heterocycles. The van der Waals surface area contributed by atoms with Crippen LogP contribution in [0, 0.1) is 11.8 Å². The van der Waals surface area contributed by atoms with E-state index in [0.717, 1.165) is 5.56 Å². The van der Waals surface area contributed by atoms with E-state index in [1.54, 1.807) is 32.3 Å². The summed E-state index contributed by atoms with van der Waals surface area (Å²) in [5.41, 5.74) is 5.31. The van der Waals surface area contributed by atoms with Crippen molar-refractivity contribution in [3.63, 3.8) is 0 Å². The van der Waals surface area contributed by atoms with Gasteiger partial charge in [0.15, 0.2) is 5.69 Å². The lowest BCUT2D eigenvalue weighted by atomic mass is 10.0. The number of anilines is 1. The molecule has 1 saturated heterocycles. The summed E-state index contributed by atoms with van der Waals surface area (Å²) in [6, 6.07) is 7.22. The fraction of sp³-hybridized carbons (Fsp3) is 0.278. The van der Waals surface area contributed by atoms with E-state index < -0.39 is 11.5 Å². The molecule has 1 fully saturated rings. The van der Waals surface area contributed by atoms with Crippen LogP contribution in [-0.2, 0) is 4.79 Å². The number of aliphatic hydroxyl groups is 1. The van der Waals surface area contributed by atoms with E-state index in [-0.39, 0.29) is 18.0 Å². The number of likely N-dealkylation sites (tertiary alicyclic amines) is 1. The minimum Gasteiger partial charge on any atom is -0.378 e. The number of thiazole rings is 1. The minimum absolute atomic E-state index is 0.192. The molecule has 1 unspecified atom stereocenters. The molecule has 1 aromatic carbocycles. The number of primary amides is 1. The first kappa shape index (κ1) is 17.9. The van der Waals surface area contributed by atoms with Gasteiger partial charge < -0.3 is 21.1 Å². The molecule has 134 valence electrons. The van der Waals surface area contributed by atoms with Gasteiger partial charge in [0.1, 0.15) is 10.0 Å². The summed E-state index contributed by atoms with van der Waals surface area (Å²) in [5.74, 6) is 4.58. The van der Waals surface area contributed by atoms with Crippen LogP contribution in [0.1, 0.15) is 22.5 Å². The van der Waals surface area contributed by atoms with Gasteiger partial charge in [-0.15, -0.1) is 0 Å². The van der Waals surface area contributed by atoms with Gasteiger partial charge >= 0.3 is 0 Å². The monoisotopic (exact) mass is 370 g/mol. The van der Waals surface area contributed by atoms with E-state index in [0.29, 0.717) is 22.1 Å². The molecule has 1 aliphatic rings. The molecule has 0 radical (unpaired) electrons. The van der Waals surface area contributed by atoms with Crippen molar-refractivity contribution < 1.29 is 14.7 Å². The number of nitrogens with one attached hydrogen (secondary N) is 1. The predicted molar refractivity (Wildman–Crippen MR) is 99.7 cm³/mol. The molecule has 1 atom stereocenters. The first-order valence-corrected chi connectivity index (χ1v) is 8.75. The van der Waals surface area contributed by atoms with Crippen LogP contribution < -0.4 is 11.1 Å². The number of rotatable bonds is 3. The van der Waals surface area contributed by atoms with Crippen LogP contribution in [0.4, 0.5) is 5.00 Å². The Labute approximate surface area is 154 Å². The quantitative estimate of drug-likeness (QED) is 0.696. The maximum Gasteiger partial charge on any atom is 0.270 e. The van der Waals surface area contributed by atoms with E-state index in [1.165, 1.54) is 16.2 Å². The molecule has 26 heavy (non-hydrogen) atoms. The van der Waals surface area contributed by atoms with Gasteiger partial charge in [-0.1, -0.05) is 35.3 Å². The van der Waals surface area contributed by atoms with Gasteiger partial charge in [0.2, 0.25) is 5.60 Å². The van der Waals surface area contributed by atoms with Crippen molar-refractivity contribution in [2.45, 2.75) is 12.0 Å². The molecular formula is C18H18N4O3S. The summed E-state index contributed by atoms with van der Waals surface area (Å²) < 4.78 is 0. The molecule has 2 heterocycles. The van der Waals surface area contributed by atoms with Gasteiger partial charge in [-0.05, 0) is 12.1 Å². The highest BCUT2D eigenvalue weighted by Gasteiger charge is 2.42. The van der Waals surface area contributed by atoms with Crippen molar-refractivity contribution in [2.75, 3.05) is 26.0 Å². The molecule has 7 nitrogen and oxygen atoms in total. The van der Waals surface area contributed by atoms with E-state index in [4.69, 9.17) is 5.73 Å². The summed E-state index contributed by atoms with van der Waals surface area (Å²) in [4.78, 5) is 29.2. The zero-order valence-electron chi connectivity index (χ0n) is 14.4. The number of likely N-dealkylation sites (N-methyl/N-ethyl adjacent to an activating group) is 1. The third-order valence-electron chi connectivity index (χ3n) is 4.12. The zero-order valence-corrected chi connectivity index (χ0v) is 15.2. The highest BCUT2D eigenvalue weighted by atomic mass is 32.1. The second-order valence-corrected chi connectivity index (χ2v) is 6.98. The number of nitrogens with zero attached hydrogens (tertiary/aromatic N) is 2. The summed E-state index contributed by atoms with van der Waals surface area (Å²) in [5, 5.41) is 14.5. The van der Waals surface area contributed by atoms with Gasteiger partial charge in [-0.25, -0.2) is 4.98 Å². The maximum atomic E-state index is 12.0. The van der Waals surface area contributed by atoms with Crippen LogP contribution in [0.15, 0.2) is 24.3 Å². The Morgan fingerprint density at radius 2 is 2.27 bits per heavy atom. The third kappa shape index (κ3) is 3.27. The minimum atomic E-state index is -1.63. The summed E-state index contributed by atoms with van der Waals surface area (Å²) in [7, 11) is 3.34. The Balaban J connectivity index is 1.92. The fourth-order valence-corrected chi connectivity index (χ4v) is 3.58. The lowest BCUT2D eigenvalue weighted by molar-refractivity contribution is -0.137. The molecule has 3 rings (SSSR count). The Bertz CT molecular complexity index is 943. The smallest absolute Gasteiger partial charge is 0.270 e. The van der Waals surface area contributed by atoms with Gasteiger partial charge in [-0.3, -0.25) is 9.59 Å². The van der Waals surface area contributed by atoms with Crippen molar-refractivity contribution in [3.05, 3.63) is 35.5 Å². The molecule has 1 aromatic heterocycles. The highest BCUT2D eigenvalue weighted by Crippen LogP contribution is 2.32. The van der Waals surface area contributed by atoms with Crippen molar-refractivity contribution >= 4 is 28.2 Å². The Morgan fingerprint density at radius 3 is 2.85 bits per heavy atom. The zero-order chi connectivity index (χ0) is 18.9. The lowest BCUT2D eigenvalue weighted by Gasteiger charge is -2.13. The normalized spacial score (nSPS) is 19.2. The lowest BCUT2D eigenvalue weighted by Crippen LogP contribution is -2.37. The largest absolute Gasteiger partial charge is 0.378 e. The number of aromatic nitrogens is 1. The number of carbonyl (C=O) groups excluding carboxylic acids is 2. The summed E-state index contributed by atoms with van der Waals surface area (Å²) in [6.07, 6.45) is 0.287. The van der Waals surface area contributed by atoms with Crippen LogP contribution in [-0.4, -0.2) is 53.0 Å². The fourth-order valence-electron chi connectivity index (χ4n) is 2.66. The average Bonchev–Trinajstić information content (AvgIpc) is 3.18. The molecule has 8 heteroatoms. The molecule has 4 N–H and O–H groups in total. The number of carbonyl (C=O) groups is 2. The van der Waals surface area contributed by atoms with E-state index in [9.17, 15) is 14.7 Å². The molecule has 2 aromatic rings. The van der Waals surface area contributed by atoms with Gasteiger partial charge in [0, 0.05) is 38.2 Å². The van der Waals surface area contributed by atoms with Crippen LogP contribution >= 0.6 is 11.3 Å². The van der Waals surface area contributed by atoms with Crippen LogP contribution in [0.5, 0.6) is 0 Å². The standard InChI is InChI=1S/C18H18N4O3S/c1-20-16-13(14(19)23)21-15(26-16)12-5-3-4-11(10-12)6-7-18(25)8-9-22(2)17(18)24/h3-5,10,20,25H,8-9H2,1-2H3,(H2,19,23). The Morgan fingerprint density at radius 1 is 1.50 bits per heavy atom. The SMILES string of the molecule is CNc1sc(-c2cccc(C#CC3(O)CCN(C)C3=O)c2)nc1C(N)=O. The number of benzene rings is 1. The van der Waals surface area contributed by atoms with Gasteiger partial charge in [-0.2, -0.15) is 0 Å². The summed E-state index contributed by atoms with van der Waals surface area (Å²) >= 11 is 1.31. The van der Waals surface area contributed by atoms with Crippen LogP contribution in [0.25, 0.3) is 10.6 Å². The first-order chi connectivity index (χ1) is 12.3. The van der Waals surface area contributed by atoms with Crippen molar-refractivity contribution in [2.24, 2.45) is 5.73 Å². The molecular weight excluding hydrogens is 352 g/mol. The molecule has 0 spiro atoms. The van der Waals surface area contributed by atoms with Gasteiger partial charge in [0.25, 0.3) is 11.8 Å². The molecule has 0 bridgehead atoms.